The summed E-state index contributed by atoms with van der Waals surface area (Å²) in [6, 6.07) is 12.0. The molecule has 0 unspecified atom stereocenters. The van der Waals surface area contributed by atoms with Crippen LogP contribution >= 0.6 is 39.1 Å². The summed E-state index contributed by atoms with van der Waals surface area (Å²) in [5.41, 5.74) is 5.82. The van der Waals surface area contributed by atoms with E-state index in [2.05, 4.69) is 31.8 Å². The van der Waals surface area contributed by atoms with E-state index in [9.17, 15) is 9.59 Å². The van der Waals surface area contributed by atoms with Crippen molar-refractivity contribution >= 4 is 50.9 Å². The maximum absolute atomic E-state index is 12.1. The molecule has 144 valence electrons. The highest BCUT2D eigenvalue weighted by atomic mass is 79.9. The topological polar surface area (TPSA) is 84.2 Å². The van der Waals surface area contributed by atoms with Gasteiger partial charge in [-0.1, -0.05) is 35.3 Å². The molecular formula is C19H14BrCl2N3O3. The fourth-order valence-electron chi connectivity index (χ4n) is 2.36. The minimum absolute atomic E-state index is 0.0878. The first-order valence-electron chi connectivity index (χ1n) is 8.18. The summed E-state index contributed by atoms with van der Waals surface area (Å²) < 4.78 is 6.27. The second-order valence-electron chi connectivity index (χ2n) is 5.72. The van der Waals surface area contributed by atoms with Crippen LogP contribution in [-0.4, -0.2) is 16.8 Å². The molecule has 0 aliphatic heterocycles. The van der Waals surface area contributed by atoms with Crippen molar-refractivity contribution in [3.8, 4) is 11.3 Å². The first-order chi connectivity index (χ1) is 13.4. The summed E-state index contributed by atoms with van der Waals surface area (Å²) >= 11 is 15.3. The first kappa shape index (κ1) is 20.4. The van der Waals surface area contributed by atoms with Gasteiger partial charge >= 0.3 is 0 Å². The van der Waals surface area contributed by atoms with E-state index in [0.717, 1.165) is 0 Å². The highest BCUT2D eigenvalue weighted by Gasteiger charge is 2.13. The van der Waals surface area contributed by atoms with Crippen molar-refractivity contribution in [2.45, 2.75) is 12.8 Å². The Labute approximate surface area is 179 Å². The van der Waals surface area contributed by atoms with Gasteiger partial charge in [-0.2, -0.15) is 0 Å². The summed E-state index contributed by atoms with van der Waals surface area (Å²) in [7, 11) is 0. The van der Waals surface area contributed by atoms with Crippen molar-refractivity contribution in [1.29, 1.82) is 0 Å². The molecule has 1 heterocycles. The number of amides is 2. The maximum atomic E-state index is 12.1. The molecular weight excluding hydrogens is 469 g/mol. The average Bonchev–Trinajstić information content (AvgIpc) is 3.13. The SMILES string of the molecule is O=C(CCc1ncc(-c2ccc(Cl)cc2Cl)o1)NNC(=O)c1ccccc1Br. The van der Waals surface area contributed by atoms with Crippen LogP contribution in [0.2, 0.25) is 10.0 Å². The lowest BCUT2D eigenvalue weighted by atomic mass is 10.2. The number of carbonyl (C=O) groups is 2. The molecule has 0 saturated carbocycles. The van der Waals surface area contributed by atoms with Crippen molar-refractivity contribution in [3.63, 3.8) is 0 Å². The summed E-state index contributed by atoms with van der Waals surface area (Å²) in [5.74, 6) is 0.0777. The van der Waals surface area contributed by atoms with Crippen LogP contribution in [-0.2, 0) is 11.2 Å². The van der Waals surface area contributed by atoms with E-state index in [1.807, 2.05) is 0 Å². The largest absolute Gasteiger partial charge is 0.441 e. The minimum Gasteiger partial charge on any atom is -0.441 e. The van der Waals surface area contributed by atoms with Gasteiger partial charge in [-0.3, -0.25) is 20.4 Å². The highest BCUT2D eigenvalue weighted by molar-refractivity contribution is 9.10. The predicted molar refractivity (Wildman–Crippen MR) is 110 cm³/mol. The Bertz CT molecular complexity index is 1020. The van der Waals surface area contributed by atoms with Gasteiger partial charge in [-0.05, 0) is 46.3 Å². The smallest absolute Gasteiger partial charge is 0.270 e. The van der Waals surface area contributed by atoms with Gasteiger partial charge in [0.25, 0.3) is 5.91 Å². The van der Waals surface area contributed by atoms with E-state index in [4.69, 9.17) is 27.6 Å². The van der Waals surface area contributed by atoms with Crippen LogP contribution in [0.4, 0.5) is 0 Å². The Balaban J connectivity index is 1.52. The van der Waals surface area contributed by atoms with Crippen LogP contribution in [0.25, 0.3) is 11.3 Å². The number of nitrogens with one attached hydrogen (secondary N) is 2. The molecule has 0 saturated heterocycles. The Morgan fingerprint density at radius 2 is 1.89 bits per heavy atom. The van der Waals surface area contributed by atoms with Crippen molar-refractivity contribution in [3.05, 3.63) is 74.6 Å². The van der Waals surface area contributed by atoms with E-state index in [0.29, 0.717) is 37.3 Å². The molecule has 0 radical (unpaired) electrons. The maximum Gasteiger partial charge on any atom is 0.270 e. The number of benzene rings is 2. The van der Waals surface area contributed by atoms with Crippen molar-refractivity contribution in [2.24, 2.45) is 0 Å². The zero-order valence-corrected chi connectivity index (χ0v) is 17.4. The van der Waals surface area contributed by atoms with Gasteiger partial charge in [-0.15, -0.1) is 0 Å². The van der Waals surface area contributed by atoms with E-state index < -0.39 is 5.91 Å². The number of hydrogen-bond acceptors (Lipinski definition) is 4. The van der Waals surface area contributed by atoms with Crippen molar-refractivity contribution in [1.82, 2.24) is 15.8 Å². The minimum atomic E-state index is -0.420. The molecule has 1 aromatic heterocycles. The van der Waals surface area contributed by atoms with E-state index in [1.165, 1.54) is 6.20 Å². The zero-order valence-electron chi connectivity index (χ0n) is 14.3. The Morgan fingerprint density at radius 3 is 2.64 bits per heavy atom. The van der Waals surface area contributed by atoms with Crippen molar-refractivity contribution in [2.75, 3.05) is 0 Å². The number of aryl methyl sites for hydroxylation is 1. The highest BCUT2D eigenvalue weighted by Crippen LogP contribution is 2.30. The number of hydrazine groups is 1. The van der Waals surface area contributed by atoms with Crippen LogP contribution in [0, 0.1) is 0 Å². The fourth-order valence-corrected chi connectivity index (χ4v) is 3.33. The van der Waals surface area contributed by atoms with Crippen LogP contribution in [0.1, 0.15) is 22.7 Å². The monoisotopic (exact) mass is 481 g/mol. The third-order valence-corrected chi connectivity index (χ3v) is 4.99. The second-order valence-corrected chi connectivity index (χ2v) is 7.42. The fraction of sp³-hybridized carbons (Fsp3) is 0.105. The van der Waals surface area contributed by atoms with E-state index >= 15 is 0 Å². The van der Waals surface area contributed by atoms with Crippen molar-refractivity contribution < 1.29 is 14.0 Å². The zero-order chi connectivity index (χ0) is 20.1. The lowest BCUT2D eigenvalue weighted by Crippen LogP contribution is -2.41. The Hall–Kier alpha value is -2.35. The third kappa shape index (κ3) is 5.13. The van der Waals surface area contributed by atoms with Gasteiger partial charge in [0, 0.05) is 27.9 Å². The molecule has 0 fully saturated rings. The molecule has 28 heavy (non-hydrogen) atoms. The molecule has 0 atom stereocenters. The molecule has 2 aromatic carbocycles. The first-order valence-corrected chi connectivity index (χ1v) is 9.73. The summed E-state index contributed by atoms with van der Waals surface area (Å²) in [4.78, 5) is 28.2. The molecule has 0 aliphatic carbocycles. The predicted octanol–water partition coefficient (Wildman–Crippen LogP) is 4.80. The van der Waals surface area contributed by atoms with Gasteiger partial charge in [0.05, 0.1) is 16.8 Å². The summed E-state index contributed by atoms with van der Waals surface area (Å²) in [6.45, 7) is 0. The number of rotatable bonds is 5. The van der Waals surface area contributed by atoms with Crippen LogP contribution < -0.4 is 10.9 Å². The molecule has 3 rings (SSSR count). The number of halogens is 3. The molecule has 9 heteroatoms. The second kappa shape index (κ2) is 9.23. The van der Waals surface area contributed by atoms with Crippen LogP contribution in [0.3, 0.4) is 0 Å². The molecule has 0 spiro atoms. The molecule has 2 amide bonds. The van der Waals surface area contributed by atoms with Gasteiger partial charge in [0.1, 0.15) is 0 Å². The van der Waals surface area contributed by atoms with Crippen LogP contribution in [0.5, 0.6) is 0 Å². The molecule has 3 aromatic rings. The third-order valence-electron chi connectivity index (χ3n) is 3.75. The quantitative estimate of drug-likeness (QED) is 0.511. The number of oxazole rings is 1. The standard InChI is InChI=1S/C19H14BrCl2N3O3/c20-14-4-2-1-3-12(14)19(27)25-24-17(26)7-8-18-23-10-16(28-18)13-6-5-11(21)9-15(13)22/h1-6,9-10H,7-8H2,(H,24,26)(H,25,27). The molecule has 6 nitrogen and oxygen atoms in total. The van der Waals surface area contributed by atoms with Crippen LogP contribution in [0.15, 0.2) is 57.6 Å². The van der Waals surface area contributed by atoms with Gasteiger partial charge < -0.3 is 4.42 Å². The Morgan fingerprint density at radius 1 is 1.11 bits per heavy atom. The van der Waals surface area contributed by atoms with Gasteiger partial charge in [0.15, 0.2) is 11.7 Å². The lowest BCUT2D eigenvalue weighted by molar-refractivity contribution is -0.121. The average molecular weight is 483 g/mol. The van der Waals surface area contributed by atoms with Gasteiger partial charge in [0.2, 0.25) is 5.91 Å². The number of carbonyl (C=O) groups excluding carboxylic acids is 2. The number of aromatic nitrogens is 1. The number of nitrogens with zero attached hydrogens (tertiary/aromatic N) is 1. The lowest BCUT2D eigenvalue weighted by Gasteiger charge is -2.08. The Kier molecular flexibility index (Phi) is 6.72. The summed E-state index contributed by atoms with van der Waals surface area (Å²) in [5, 5.41) is 0.970. The van der Waals surface area contributed by atoms with Gasteiger partial charge in [-0.25, -0.2) is 4.98 Å². The summed E-state index contributed by atoms with van der Waals surface area (Å²) in [6.07, 6.45) is 1.89. The van der Waals surface area contributed by atoms with E-state index in [-0.39, 0.29) is 18.7 Å². The number of hydrogen-bond donors (Lipinski definition) is 2. The normalized spacial score (nSPS) is 10.5. The molecule has 2 N–H and O–H groups in total. The van der Waals surface area contributed by atoms with E-state index in [1.54, 1.807) is 42.5 Å². The molecule has 0 bridgehead atoms. The molecule has 0 aliphatic rings.